The fourth-order valence-electron chi connectivity index (χ4n) is 3.03. The summed E-state index contributed by atoms with van der Waals surface area (Å²) in [5.74, 6) is 2.69. The van der Waals surface area contributed by atoms with Crippen molar-refractivity contribution in [2.24, 2.45) is 0 Å². The number of benzene rings is 2. The van der Waals surface area contributed by atoms with Gasteiger partial charge in [0, 0.05) is 23.3 Å². The molecule has 0 saturated heterocycles. The number of fused-ring (bicyclic) bond motifs is 1. The third-order valence-corrected chi connectivity index (χ3v) is 4.64. The summed E-state index contributed by atoms with van der Waals surface area (Å²) in [6.07, 6.45) is 6.59. The Kier molecular flexibility index (Phi) is 5.78. The van der Waals surface area contributed by atoms with Crippen LogP contribution in [0.25, 0.3) is 6.08 Å². The van der Waals surface area contributed by atoms with Crippen molar-refractivity contribution in [3.8, 4) is 34.5 Å². The quantitative estimate of drug-likeness (QED) is 0.617. The lowest BCUT2D eigenvalue weighted by atomic mass is 10.0. The fraction of sp³-hybridized carbons (Fsp3) is 0.333. The third kappa shape index (κ3) is 4.67. The lowest BCUT2D eigenvalue weighted by Crippen LogP contribution is -2.27. The summed E-state index contributed by atoms with van der Waals surface area (Å²) >= 11 is 0. The summed E-state index contributed by atoms with van der Waals surface area (Å²) in [4.78, 5) is 0. The van der Waals surface area contributed by atoms with Gasteiger partial charge in [-0.15, -0.1) is 0 Å². The topological polar surface area (TPSA) is 57.2 Å². The second kappa shape index (κ2) is 8.11. The van der Waals surface area contributed by atoms with Crippen LogP contribution in [0.3, 0.4) is 0 Å². The van der Waals surface area contributed by atoms with Crippen LogP contribution in [0.5, 0.6) is 34.5 Å². The van der Waals surface area contributed by atoms with Crippen molar-refractivity contribution in [3.05, 3.63) is 53.1 Å². The molecule has 1 aliphatic rings. The number of rotatable bonds is 6. The molecule has 154 valence electrons. The van der Waals surface area contributed by atoms with Gasteiger partial charge in [0.15, 0.2) is 23.0 Å². The Labute approximate surface area is 172 Å². The van der Waals surface area contributed by atoms with E-state index in [1.165, 1.54) is 5.57 Å². The number of ether oxygens (including phenoxy) is 4. The maximum Gasteiger partial charge on any atom is 0.173 e. The van der Waals surface area contributed by atoms with Gasteiger partial charge in [-0.3, -0.25) is 0 Å². The monoisotopic (exact) mass is 396 g/mol. The zero-order chi connectivity index (χ0) is 21.2. The fourth-order valence-corrected chi connectivity index (χ4v) is 3.03. The molecule has 1 aliphatic heterocycles. The van der Waals surface area contributed by atoms with Crippen molar-refractivity contribution >= 4 is 6.08 Å². The van der Waals surface area contributed by atoms with Crippen LogP contribution in [0.2, 0.25) is 0 Å². The van der Waals surface area contributed by atoms with Gasteiger partial charge in [0.1, 0.15) is 17.1 Å². The van der Waals surface area contributed by atoms with Gasteiger partial charge in [-0.1, -0.05) is 17.7 Å². The Balaban J connectivity index is 2.07. The molecule has 0 aliphatic carbocycles. The minimum Gasteiger partial charge on any atom is -0.504 e. The lowest BCUT2D eigenvalue weighted by molar-refractivity contribution is 0.153. The first kappa shape index (κ1) is 20.6. The Bertz CT molecular complexity index is 966. The lowest BCUT2D eigenvalue weighted by Gasteiger charge is -2.29. The summed E-state index contributed by atoms with van der Waals surface area (Å²) in [6.45, 7) is 7.98. The molecule has 0 atom stereocenters. The highest BCUT2D eigenvalue weighted by Crippen LogP contribution is 2.46. The zero-order valence-electron chi connectivity index (χ0n) is 17.8. The van der Waals surface area contributed by atoms with Gasteiger partial charge >= 0.3 is 0 Å². The van der Waals surface area contributed by atoms with E-state index in [1.807, 2.05) is 58.1 Å². The van der Waals surface area contributed by atoms with Gasteiger partial charge in [0.2, 0.25) is 0 Å². The van der Waals surface area contributed by atoms with E-state index < -0.39 is 5.60 Å². The van der Waals surface area contributed by atoms with Crippen LogP contribution in [-0.4, -0.2) is 24.9 Å². The van der Waals surface area contributed by atoms with Crippen LogP contribution in [0.1, 0.15) is 38.8 Å². The van der Waals surface area contributed by atoms with E-state index >= 15 is 0 Å². The maximum absolute atomic E-state index is 10.8. The molecule has 0 saturated carbocycles. The van der Waals surface area contributed by atoms with Gasteiger partial charge in [-0.25, -0.2) is 0 Å². The Morgan fingerprint density at radius 3 is 2.34 bits per heavy atom. The molecule has 1 N–H and O–H groups in total. The molecule has 5 heteroatoms. The summed E-state index contributed by atoms with van der Waals surface area (Å²) < 4.78 is 23.1. The van der Waals surface area contributed by atoms with E-state index in [1.54, 1.807) is 26.4 Å². The van der Waals surface area contributed by atoms with Crippen LogP contribution in [0.4, 0.5) is 0 Å². The molecular formula is C24H28O5. The molecule has 3 rings (SSSR count). The smallest absolute Gasteiger partial charge is 0.173 e. The molecule has 0 unspecified atom stereocenters. The molecule has 2 aromatic rings. The van der Waals surface area contributed by atoms with Crippen LogP contribution in [-0.2, 0) is 6.42 Å². The molecule has 0 aromatic heterocycles. The number of allylic oxidation sites excluding steroid dienone is 2. The molecule has 0 bridgehead atoms. The third-order valence-electron chi connectivity index (χ3n) is 4.64. The zero-order valence-corrected chi connectivity index (χ0v) is 17.8. The SMILES string of the molecule is COc1cc(CC=C(C)C)c(O)c(Oc2cc(OC)cc3c2OC(C)(C)C=C3)c1. The van der Waals surface area contributed by atoms with Crippen molar-refractivity contribution < 1.29 is 24.1 Å². The van der Waals surface area contributed by atoms with Crippen LogP contribution in [0, 0.1) is 0 Å². The average Bonchev–Trinajstić information content (AvgIpc) is 2.68. The largest absolute Gasteiger partial charge is 0.504 e. The van der Waals surface area contributed by atoms with Crippen molar-refractivity contribution in [2.75, 3.05) is 14.2 Å². The molecule has 0 amide bonds. The first-order valence-corrected chi connectivity index (χ1v) is 9.54. The standard InChI is InChI=1S/C24H28O5/c1-15(2)7-8-16-11-18(26-5)13-20(22(16)25)28-21-14-19(27-6)12-17-9-10-24(3,4)29-23(17)21/h7,9-14,25H,8H2,1-6H3. The van der Waals surface area contributed by atoms with E-state index in [4.69, 9.17) is 18.9 Å². The van der Waals surface area contributed by atoms with E-state index in [-0.39, 0.29) is 5.75 Å². The summed E-state index contributed by atoms with van der Waals surface area (Å²) in [5.41, 5.74) is 2.27. The van der Waals surface area contributed by atoms with E-state index in [9.17, 15) is 5.11 Å². The molecule has 2 aromatic carbocycles. The van der Waals surface area contributed by atoms with Crippen molar-refractivity contribution in [1.82, 2.24) is 0 Å². The second-order valence-corrected chi connectivity index (χ2v) is 7.80. The summed E-state index contributed by atoms with van der Waals surface area (Å²) in [6, 6.07) is 7.12. The minimum atomic E-state index is -0.468. The molecule has 0 radical (unpaired) electrons. The molecule has 29 heavy (non-hydrogen) atoms. The van der Waals surface area contributed by atoms with Crippen molar-refractivity contribution in [2.45, 2.75) is 39.7 Å². The van der Waals surface area contributed by atoms with Gasteiger partial charge < -0.3 is 24.1 Å². The van der Waals surface area contributed by atoms with Crippen LogP contribution >= 0.6 is 0 Å². The Morgan fingerprint density at radius 2 is 1.69 bits per heavy atom. The van der Waals surface area contributed by atoms with Crippen LogP contribution < -0.4 is 18.9 Å². The number of phenolic OH excluding ortho intramolecular Hbond substituents is 1. The number of hydrogen-bond acceptors (Lipinski definition) is 5. The molecule has 5 nitrogen and oxygen atoms in total. The Hall–Kier alpha value is -3.08. The van der Waals surface area contributed by atoms with E-state index in [2.05, 4.69) is 0 Å². The van der Waals surface area contributed by atoms with Gasteiger partial charge in [0.25, 0.3) is 0 Å². The molecule has 0 fully saturated rings. The predicted octanol–water partition coefficient (Wildman–Crippen LogP) is 5.89. The predicted molar refractivity (Wildman–Crippen MR) is 115 cm³/mol. The molecule has 0 spiro atoms. The van der Waals surface area contributed by atoms with Gasteiger partial charge in [-0.05, 0) is 52.3 Å². The van der Waals surface area contributed by atoms with Crippen molar-refractivity contribution in [1.29, 1.82) is 0 Å². The number of methoxy groups -OCH3 is 2. The number of phenols is 1. The second-order valence-electron chi connectivity index (χ2n) is 7.80. The summed E-state index contributed by atoms with van der Waals surface area (Å²) in [5, 5.41) is 10.8. The van der Waals surface area contributed by atoms with Crippen LogP contribution in [0.15, 0.2) is 42.0 Å². The van der Waals surface area contributed by atoms with E-state index in [0.717, 1.165) is 11.1 Å². The molecular weight excluding hydrogens is 368 g/mol. The normalized spacial score (nSPS) is 13.9. The highest BCUT2D eigenvalue weighted by molar-refractivity contribution is 5.68. The van der Waals surface area contributed by atoms with Gasteiger partial charge in [-0.2, -0.15) is 0 Å². The first-order chi connectivity index (χ1) is 13.7. The highest BCUT2D eigenvalue weighted by atomic mass is 16.5. The highest BCUT2D eigenvalue weighted by Gasteiger charge is 2.26. The summed E-state index contributed by atoms with van der Waals surface area (Å²) in [7, 11) is 3.19. The van der Waals surface area contributed by atoms with Crippen molar-refractivity contribution in [3.63, 3.8) is 0 Å². The van der Waals surface area contributed by atoms with E-state index in [0.29, 0.717) is 35.2 Å². The number of aromatic hydroxyl groups is 1. The maximum atomic E-state index is 10.8. The minimum absolute atomic E-state index is 0.0745. The van der Waals surface area contributed by atoms with Gasteiger partial charge in [0.05, 0.1) is 14.2 Å². The number of hydrogen-bond donors (Lipinski definition) is 1. The Morgan fingerprint density at radius 1 is 1.03 bits per heavy atom. The first-order valence-electron chi connectivity index (χ1n) is 9.54. The average molecular weight is 396 g/mol. The molecule has 1 heterocycles.